The molecule has 6 nitrogen and oxygen atoms in total. The number of carbonyl (C=O) groups excluding carboxylic acids is 2. The number of hydrogen-bond donors (Lipinski definition) is 3. The third kappa shape index (κ3) is 4.54. The molecular weight excluding hydrogens is 316 g/mol. The van der Waals surface area contributed by atoms with E-state index in [0.29, 0.717) is 18.5 Å². The van der Waals surface area contributed by atoms with Gasteiger partial charge in [-0.25, -0.2) is 0 Å². The van der Waals surface area contributed by atoms with E-state index in [1.165, 1.54) is 0 Å². The predicted molar refractivity (Wildman–Crippen MR) is 97.1 cm³/mol. The Bertz CT molecular complexity index is 754. The van der Waals surface area contributed by atoms with Crippen molar-refractivity contribution in [1.29, 1.82) is 0 Å². The largest absolute Gasteiger partial charge is 0.353 e. The molecule has 4 N–H and O–H groups in total. The summed E-state index contributed by atoms with van der Waals surface area (Å²) in [7, 11) is 0. The number of fused-ring (bicyclic) bond motifs is 1. The van der Waals surface area contributed by atoms with E-state index < -0.39 is 0 Å². The minimum Gasteiger partial charge on any atom is -0.353 e. The summed E-state index contributed by atoms with van der Waals surface area (Å²) in [6, 6.07) is 7.90. The lowest BCUT2D eigenvalue weighted by Crippen LogP contribution is -2.44. The van der Waals surface area contributed by atoms with Gasteiger partial charge < -0.3 is 16.4 Å². The Morgan fingerprint density at radius 3 is 2.48 bits per heavy atom. The first-order chi connectivity index (χ1) is 12.2. The minimum atomic E-state index is -0.0469. The fraction of sp³-hybridized carbons (Fsp3) is 0.421. The van der Waals surface area contributed by atoms with Crippen LogP contribution in [0.2, 0.25) is 0 Å². The van der Waals surface area contributed by atoms with Crippen LogP contribution < -0.4 is 16.4 Å². The van der Waals surface area contributed by atoms with E-state index in [9.17, 15) is 9.59 Å². The fourth-order valence-corrected chi connectivity index (χ4v) is 3.31. The zero-order valence-electron chi connectivity index (χ0n) is 14.2. The molecule has 0 saturated heterocycles. The van der Waals surface area contributed by atoms with Crippen LogP contribution in [0.15, 0.2) is 36.7 Å². The van der Waals surface area contributed by atoms with Crippen LogP contribution in [-0.4, -0.2) is 35.4 Å². The molecular formula is C19H24N4O2. The van der Waals surface area contributed by atoms with E-state index in [1.807, 2.05) is 24.3 Å². The smallest absolute Gasteiger partial charge is 0.251 e. The topological polar surface area (TPSA) is 97.1 Å². The monoisotopic (exact) mass is 340 g/mol. The molecule has 3 rings (SSSR count). The highest BCUT2D eigenvalue weighted by Crippen LogP contribution is 2.20. The van der Waals surface area contributed by atoms with Crippen LogP contribution in [-0.2, 0) is 4.79 Å². The number of nitrogens with one attached hydrogen (secondary N) is 2. The normalized spacial score (nSPS) is 20.2. The van der Waals surface area contributed by atoms with Gasteiger partial charge in [-0.05, 0) is 49.3 Å². The Morgan fingerprint density at radius 1 is 1.04 bits per heavy atom. The Balaban J connectivity index is 1.52. The number of nitrogens with zero attached hydrogens (tertiary/aromatic N) is 1. The van der Waals surface area contributed by atoms with Gasteiger partial charge in [-0.3, -0.25) is 14.6 Å². The van der Waals surface area contributed by atoms with Gasteiger partial charge in [-0.2, -0.15) is 0 Å². The van der Waals surface area contributed by atoms with Crippen LogP contribution >= 0.6 is 0 Å². The van der Waals surface area contributed by atoms with Crippen LogP contribution in [0.25, 0.3) is 10.8 Å². The van der Waals surface area contributed by atoms with Crippen LogP contribution in [0.5, 0.6) is 0 Å². The minimum absolute atomic E-state index is 0.0145. The predicted octanol–water partition coefficient (Wildman–Crippen LogP) is 1.74. The molecule has 0 unspecified atom stereocenters. The molecule has 0 atom stereocenters. The standard InChI is InChI=1S/C19H24N4O2/c20-9-7-18(24)22-16-3-5-17(6-4-16)23-19(25)14-1-2-15-12-21-10-8-13(15)11-14/h1-2,8,10-12,16-17H,3-7,9,20H2,(H,22,24)(H,23,25)/t16-,17-. The summed E-state index contributed by atoms with van der Waals surface area (Å²) in [6.45, 7) is 0.374. The molecule has 2 aromatic rings. The summed E-state index contributed by atoms with van der Waals surface area (Å²) >= 11 is 0. The maximum absolute atomic E-state index is 12.5. The Labute approximate surface area is 147 Å². The van der Waals surface area contributed by atoms with Crippen LogP contribution in [0.3, 0.4) is 0 Å². The number of rotatable bonds is 5. The van der Waals surface area contributed by atoms with Gasteiger partial charge in [-0.1, -0.05) is 6.07 Å². The summed E-state index contributed by atoms with van der Waals surface area (Å²) < 4.78 is 0. The number of aromatic nitrogens is 1. The van der Waals surface area contributed by atoms with E-state index in [1.54, 1.807) is 12.4 Å². The third-order valence-electron chi connectivity index (χ3n) is 4.70. The molecule has 1 saturated carbocycles. The van der Waals surface area contributed by atoms with Crippen molar-refractivity contribution in [2.24, 2.45) is 5.73 Å². The highest BCUT2D eigenvalue weighted by Gasteiger charge is 2.23. The molecule has 0 bridgehead atoms. The van der Waals surface area contributed by atoms with Gasteiger partial charge in [0, 0.05) is 48.4 Å². The highest BCUT2D eigenvalue weighted by molar-refractivity contribution is 5.98. The SMILES string of the molecule is NCCC(=O)N[C@H]1CC[C@H](NC(=O)c2ccc3cnccc3c2)CC1. The molecule has 1 heterocycles. The molecule has 1 aromatic carbocycles. The number of amides is 2. The van der Waals surface area contributed by atoms with Crippen molar-refractivity contribution in [3.05, 3.63) is 42.2 Å². The lowest BCUT2D eigenvalue weighted by molar-refractivity contribution is -0.121. The first kappa shape index (κ1) is 17.4. The molecule has 0 radical (unpaired) electrons. The molecule has 1 aliphatic carbocycles. The van der Waals surface area contributed by atoms with Crippen LogP contribution in [0.4, 0.5) is 0 Å². The van der Waals surface area contributed by atoms with Crippen LogP contribution in [0.1, 0.15) is 42.5 Å². The van der Waals surface area contributed by atoms with E-state index in [4.69, 9.17) is 5.73 Å². The summed E-state index contributed by atoms with van der Waals surface area (Å²) in [5, 5.41) is 8.15. The van der Waals surface area contributed by atoms with Gasteiger partial charge in [0.25, 0.3) is 5.91 Å². The Hall–Kier alpha value is -2.47. The second kappa shape index (κ2) is 8.07. The lowest BCUT2D eigenvalue weighted by atomic mass is 9.91. The van der Waals surface area contributed by atoms with Gasteiger partial charge in [0.1, 0.15) is 0 Å². The number of nitrogens with two attached hydrogens (primary N) is 1. The molecule has 0 aliphatic heterocycles. The second-order valence-electron chi connectivity index (χ2n) is 6.57. The Morgan fingerprint density at radius 2 is 1.76 bits per heavy atom. The average Bonchev–Trinajstić information content (AvgIpc) is 2.63. The maximum atomic E-state index is 12.5. The van der Waals surface area contributed by atoms with E-state index in [-0.39, 0.29) is 23.9 Å². The van der Waals surface area contributed by atoms with Crippen molar-refractivity contribution in [1.82, 2.24) is 15.6 Å². The lowest BCUT2D eigenvalue weighted by Gasteiger charge is -2.29. The van der Waals surface area contributed by atoms with Crippen molar-refractivity contribution in [2.45, 2.75) is 44.2 Å². The summed E-state index contributed by atoms with van der Waals surface area (Å²) in [5.74, 6) is -0.0324. The zero-order chi connectivity index (χ0) is 17.6. The van der Waals surface area contributed by atoms with Crippen molar-refractivity contribution in [2.75, 3.05) is 6.54 Å². The number of benzene rings is 1. The Kier molecular flexibility index (Phi) is 5.60. The maximum Gasteiger partial charge on any atom is 0.251 e. The number of pyridine rings is 1. The molecule has 2 amide bonds. The van der Waals surface area contributed by atoms with Gasteiger partial charge in [0.2, 0.25) is 5.91 Å². The van der Waals surface area contributed by atoms with Gasteiger partial charge in [0.15, 0.2) is 0 Å². The van der Waals surface area contributed by atoms with Crippen molar-refractivity contribution < 1.29 is 9.59 Å². The fourth-order valence-electron chi connectivity index (χ4n) is 3.31. The molecule has 25 heavy (non-hydrogen) atoms. The first-order valence-electron chi connectivity index (χ1n) is 8.80. The summed E-state index contributed by atoms with van der Waals surface area (Å²) in [6.07, 6.45) is 7.39. The molecule has 1 aliphatic rings. The van der Waals surface area contributed by atoms with Crippen molar-refractivity contribution in [3.63, 3.8) is 0 Å². The number of carbonyl (C=O) groups is 2. The molecule has 6 heteroatoms. The second-order valence-corrected chi connectivity index (χ2v) is 6.57. The van der Waals surface area contributed by atoms with E-state index in [0.717, 1.165) is 36.5 Å². The molecule has 1 fully saturated rings. The van der Waals surface area contributed by atoms with Gasteiger partial charge in [-0.15, -0.1) is 0 Å². The molecule has 132 valence electrons. The van der Waals surface area contributed by atoms with Crippen LogP contribution in [0, 0.1) is 0 Å². The van der Waals surface area contributed by atoms with Crippen molar-refractivity contribution in [3.8, 4) is 0 Å². The summed E-state index contributed by atoms with van der Waals surface area (Å²) in [4.78, 5) is 28.2. The first-order valence-corrected chi connectivity index (χ1v) is 8.80. The number of hydrogen-bond acceptors (Lipinski definition) is 4. The average molecular weight is 340 g/mol. The quantitative estimate of drug-likeness (QED) is 0.772. The molecule has 0 spiro atoms. The van der Waals surface area contributed by atoms with Gasteiger partial charge in [0.05, 0.1) is 0 Å². The van der Waals surface area contributed by atoms with E-state index in [2.05, 4.69) is 15.6 Å². The van der Waals surface area contributed by atoms with Crippen molar-refractivity contribution >= 4 is 22.6 Å². The van der Waals surface area contributed by atoms with E-state index >= 15 is 0 Å². The third-order valence-corrected chi connectivity index (χ3v) is 4.70. The van der Waals surface area contributed by atoms with Gasteiger partial charge >= 0.3 is 0 Å². The highest BCUT2D eigenvalue weighted by atomic mass is 16.2. The summed E-state index contributed by atoms with van der Waals surface area (Å²) in [5.41, 5.74) is 6.05. The zero-order valence-corrected chi connectivity index (χ0v) is 14.2. The molecule has 1 aromatic heterocycles.